The fourth-order valence-corrected chi connectivity index (χ4v) is 1.14. The van der Waals surface area contributed by atoms with Crippen LogP contribution in [0.2, 0.25) is 0 Å². The van der Waals surface area contributed by atoms with E-state index in [4.69, 9.17) is 10.4 Å². The first-order valence-corrected chi connectivity index (χ1v) is 4.59. The molecule has 0 fully saturated rings. The Morgan fingerprint density at radius 3 is 2.50 bits per heavy atom. The number of carbonyl (C=O) groups is 2. The summed E-state index contributed by atoms with van der Waals surface area (Å²) in [5.74, 6) is -1.84. The Bertz CT molecular complexity index is 423. The van der Waals surface area contributed by atoms with E-state index >= 15 is 0 Å². The van der Waals surface area contributed by atoms with Gasteiger partial charge in [-0.1, -0.05) is 30.3 Å². The Hall–Kier alpha value is -2.35. The van der Waals surface area contributed by atoms with Crippen molar-refractivity contribution in [3.05, 3.63) is 35.9 Å². The summed E-state index contributed by atoms with van der Waals surface area (Å²) < 4.78 is 0. The summed E-state index contributed by atoms with van der Waals surface area (Å²) in [6.45, 7) is 0. The van der Waals surface area contributed by atoms with E-state index in [1.165, 1.54) is 6.07 Å². The highest BCUT2D eigenvalue weighted by Crippen LogP contribution is 1.99. The number of carboxylic acids is 1. The SMILES string of the molecule is N#CC(NC(=O)Cc1ccccc1)C(=O)O. The number of nitrogens with zero attached hydrogens (tertiary/aromatic N) is 1. The van der Waals surface area contributed by atoms with E-state index in [1.54, 1.807) is 24.3 Å². The lowest BCUT2D eigenvalue weighted by atomic mass is 10.1. The Labute approximate surface area is 92.3 Å². The van der Waals surface area contributed by atoms with E-state index in [-0.39, 0.29) is 6.42 Å². The molecule has 0 aliphatic carbocycles. The third-order valence-electron chi connectivity index (χ3n) is 1.89. The highest BCUT2D eigenvalue weighted by Gasteiger charge is 2.18. The predicted molar refractivity (Wildman–Crippen MR) is 55.3 cm³/mol. The van der Waals surface area contributed by atoms with Crippen LogP contribution in [0.15, 0.2) is 30.3 Å². The molecule has 2 N–H and O–H groups in total. The van der Waals surface area contributed by atoms with Gasteiger partial charge in [-0.3, -0.25) is 4.79 Å². The molecule has 1 aromatic rings. The van der Waals surface area contributed by atoms with Gasteiger partial charge in [0.15, 0.2) is 0 Å². The van der Waals surface area contributed by atoms with E-state index in [1.807, 2.05) is 6.07 Å². The van der Waals surface area contributed by atoms with Gasteiger partial charge < -0.3 is 10.4 Å². The molecule has 0 aliphatic rings. The normalized spacial score (nSPS) is 11.2. The van der Waals surface area contributed by atoms with Gasteiger partial charge in [0.05, 0.1) is 12.5 Å². The standard InChI is InChI=1S/C11H10N2O3/c12-7-9(11(15)16)13-10(14)6-8-4-2-1-3-5-8/h1-5,9H,6H2,(H,13,14)(H,15,16). The molecule has 0 spiro atoms. The summed E-state index contributed by atoms with van der Waals surface area (Å²) in [6, 6.07) is 8.88. The number of carbonyl (C=O) groups excluding carboxylic acids is 1. The van der Waals surface area contributed by atoms with Crippen LogP contribution in [0.4, 0.5) is 0 Å². The minimum absolute atomic E-state index is 0.0618. The summed E-state index contributed by atoms with van der Waals surface area (Å²) in [5.41, 5.74) is 0.766. The van der Waals surface area contributed by atoms with Crippen molar-refractivity contribution in [2.45, 2.75) is 12.5 Å². The van der Waals surface area contributed by atoms with Gasteiger partial charge >= 0.3 is 5.97 Å². The molecule has 1 atom stereocenters. The summed E-state index contributed by atoms with van der Waals surface area (Å²) in [7, 11) is 0. The third kappa shape index (κ3) is 3.42. The number of hydrogen-bond donors (Lipinski definition) is 2. The Balaban J connectivity index is 2.55. The molecule has 1 aromatic carbocycles. The van der Waals surface area contributed by atoms with Crippen molar-refractivity contribution in [2.75, 3.05) is 0 Å². The molecule has 0 radical (unpaired) electrons. The van der Waals surface area contributed by atoms with Crippen molar-refractivity contribution in [3.63, 3.8) is 0 Å². The minimum atomic E-state index is -1.49. The fraction of sp³-hybridized carbons (Fsp3) is 0.182. The van der Waals surface area contributed by atoms with Gasteiger partial charge in [0, 0.05) is 0 Å². The number of hydrogen-bond acceptors (Lipinski definition) is 3. The molecule has 1 rings (SSSR count). The molecule has 5 nitrogen and oxygen atoms in total. The van der Waals surface area contributed by atoms with Crippen LogP contribution in [0.25, 0.3) is 0 Å². The van der Waals surface area contributed by atoms with Crippen LogP contribution < -0.4 is 5.32 Å². The molecule has 5 heteroatoms. The van der Waals surface area contributed by atoms with Gasteiger partial charge in [0.25, 0.3) is 0 Å². The number of benzene rings is 1. The topological polar surface area (TPSA) is 90.2 Å². The van der Waals surface area contributed by atoms with Crippen molar-refractivity contribution in [1.82, 2.24) is 5.32 Å². The van der Waals surface area contributed by atoms with Gasteiger partial charge in [0.1, 0.15) is 0 Å². The number of nitrogens with one attached hydrogen (secondary N) is 1. The Kier molecular flexibility index (Phi) is 4.04. The zero-order valence-electron chi connectivity index (χ0n) is 8.38. The summed E-state index contributed by atoms with van der Waals surface area (Å²) in [6.07, 6.45) is 0.0618. The van der Waals surface area contributed by atoms with E-state index in [9.17, 15) is 9.59 Å². The van der Waals surface area contributed by atoms with E-state index in [0.29, 0.717) is 0 Å². The molecule has 0 saturated carbocycles. The van der Waals surface area contributed by atoms with Crippen LogP contribution in [-0.4, -0.2) is 23.0 Å². The molecular weight excluding hydrogens is 208 g/mol. The average molecular weight is 218 g/mol. The Morgan fingerprint density at radius 2 is 2.00 bits per heavy atom. The summed E-state index contributed by atoms with van der Waals surface area (Å²) >= 11 is 0. The molecule has 0 aromatic heterocycles. The molecule has 1 unspecified atom stereocenters. The van der Waals surface area contributed by atoms with Crippen LogP contribution in [0.5, 0.6) is 0 Å². The monoisotopic (exact) mass is 218 g/mol. The first kappa shape index (κ1) is 11.7. The number of aliphatic carboxylic acids is 1. The van der Waals surface area contributed by atoms with E-state index in [0.717, 1.165) is 5.56 Å². The zero-order chi connectivity index (χ0) is 12.0. The molecule has 0 saturated heterocycles. The largest absolute Gasteiger partial charge is 0.479 e. The maximum Gasteiger partial charge on any atom is 0.341 e. The second-order valence-electron chi connectivity index (χ2n) is 3.13. The van der Waals surface area contributed by atoms with Gasteiger partial charge in [-0.05, 0) is 5.56 Å². The average Bonchev–Trinajstić information content (AvgIpc) is 2.27. The number of rotatable bonds is 4. The molecule has 1 amide bonds. The van der Waals surface area contributed by atoms with Gasteiger partial charge in [0.2, 0.25) is 11.9 Å². The molecule has 16 heavy (non-hydrogen) atoms. The van der Waals surface area contributed by atoms with Crippen molar-refractivity contribution in [1.29, 1.82) is 5.26 Å². The van der Waals surface area contributed by atoms with Gasteiger partial charge in [-0.2, -0.15) is 5.26 Å². The third-order valence-corrected chi connectivity index (χ3v) is 1.89. The number of nitriles is 1. The second-order valence-corrected chi connectivity index (χ2v) is 3.13. The first-order valence-electron chi connectivity index (χ1n) is 4.59. The van der Waals surface area contributed by atoms with E-state index < -0.39 is 17.9 Å². The quantitative estimate of drug-likeness (QED) is 0.761. The maximum atomic E-state index is 11.4. The Morgan fingerprint density at radius 1 is 1.38 bits per heavy atom. The molecule has 0 bridgehead atoms. The van der Waals surface area contributed by atoms with Crippen LogP contribution in [0.3, 0.4) is 0 Å². The summed E-state index contributed by atoms with van der Waals surface area (Å²) in [5, 5.41) is 19.1. The number of amides is 1. The lowest BCUT2D eigenvalue weighted by Gasteiger charge is -2.06. The van der Waals surface area contributed by atoms with Crippen molar-refractivity contribution in [3.8, 4) is 6.07 Å². The van der Waals surface area contributed by atoms with Crippen molar-refractivity contribution >= 4 is 11.9 Å². The van der Waals surface area contributed by atoms with Crippen LogP contribution in [0, 0.1) is 11.3 Å². The molecule has 82 valence electrons. The van der Waals surface area contributed by atoms with Crippen LogP contribution in [0.1, 0.15) is 5.56 Å². The zero-order valence-corrected chi connectivity index (χ0v) is 8.38. The molecule has 0 aliphatic heterocycles. The molecule has 0 heterocycles. The van der Waals surface area contributed by atoms with Crippen molar-refractivity contribution in [2.24, 2.45) is 0 Å². The van der Waals surface area contributed by atoms with Gasteiger partial charge in [-0.25, -0.2) is 4.79 Å². The fourth-order valence-electron chi connectivity index (χ4n) is 1.14. The lowest BCUT2D eigenvalue weighted by Crippen LogP contribution is -2.40. The van der Waals surface area contributed by atoms with Crippen LogP contribution >= 0.6 is 0 Å². The van der Waals surface area contributed by atoms with Gasteiger partial charge in [-0.15, -0.1) is 0 Å². The lowest BCUT2D eigenvalue weighted by molar-refractivity contribution is -0.140. The molecular formula is C11H10N2O3. The number of carboxylic acid groups (broad SMARTS) is 1. The highest BCUT2D eigenvalue weighted by molar-refractivity contribution is 5.86. The smallest absolute Gasteiger partial charge is 0.341 e. The first-order chi connectivity index (χ1) is 7.63. The van der Waals surface area contributed by atoms with E-state index in [2.05, 4.69) is 5.32 Å². The summed E-state index contributed by atoms with van der Waals surface area (Å²) in [4.78, 5) is 21.8. The maximum absolute atomic E-state index is 11.4. The van der Waals surface area contributed by atoms with Crippen molar-refractivity contribution < 1.29 is 14.7 Å². The predicted octanol–water partition coefficient (Wildman–Crippen LogP) is 0.322. The second kappa shape index (κ2) is 5.51. The highest BCUT2D eigenvalue weighted by atomic mass is 16.4. The minimum Gasteiger partial charge on any atom is -0.479 e. The van der Waals surface area contributed by atoms with Crippen LogP contribution in [-0.2, 0) is 16.0 Å².